The van der Waals surface area contributed by atoms with Crippen LogP contribution in [0.2, 0.25) is 0 Å². The zero-order valence-electron chi connectivity index (χ0n) is 6.32. The van der Waals surface area contributed by atoms with Gasteiger partial charge in [0, 0.05) is 5.69 Å². The third-order valence-corrected chi connectivity index (χ3v) is 1.44. The Balaban J connectivity index is 3.19. The highest BCUT2D eigenvalue weighted by molar-refractivity contribution is 5.45. The van der Waals surface area contributed by atoms with Crippen LogP contribution < -0.4 is 11.3 Å². The summed E-state index contributed by atoms with van der Waals surface area (Å²) in [6.45, 7) is 0. The number of alkyl halides is 3. The number of halogens is 4. The minimum absolute atomic E-state index is 0.00808. The van der Waals surface area contributed by atoms with Crippen LogP contribution >= 0.6 is 0 Å². The largest absolute Gasteiger partial charge is 0.419 e. The number of rotatable bonds is 1. The van der Waals surface area contributed by atoms with Crippen LogP contribution in [0.25, 0.3) is 0 Å². The molecule has 0 aliphatic carbocycles. The van der Waals surface area contributed by atoms with Gasteiger partial charge in [-0.3, -0.25) is 5.84 Å². The number of hydrazine groups is 1. The quantitative estimate of drug-likeness (QED) is 0.408. The molecule has 0 aromatic heterocycles. The average Bonchev–Trinajstić information content (AvgIpc) is 2.03. The highest BCUT2D eigenvalue weighted by atomic mass is 19.4. The van der Waals surface area contributed by atoms with Crippen molar-refractivity contribution in [2.45, 2.75) is 6.18 Å². The summed E-state index contributed by atoms with van der Waals surface area (Å²) in [5.74, 6) is 3.56. The first kappa shape index (κ1) is 9.79. The van der Waals surface area contributed by atoms with E-state index in [0.29, 0.717) is 12.1 Å². The maximum atomic E-state index is 12.6. The van der Waals surface area contributed by atoms with Gasteiger partial charge in [-0.15, -0.1) is 0 Å². The molecule has 13 heavy (non-hydrogen) atoms. The van der Waals surface area contributed by atoms with Crippen molar-refractivity contribution in [3.63, 3.8) is 0 Å². The van der Waals surface area contributed by atoms with E-state index >= 15 is 0 Å². The SMILES string of the molecule is NNc1ccc(F)c(C(F)(F)F)c1. The van der Waals surface area contributed by atoms with Crippen molar-refractivity contribution in [2.75, 3.05) is 5.43 Å². The van der Waals surface area contributed by atoms with Gasteiger partial charge in [0.1, 0.15) is 5.82 Å². The standard InChI is InChI=1S/C7H6F4N2/c8-6-2-1-4(13-12)3-5(6)7(9,10)11/h1-3,13H,12H2. The van der Waals surface area contributed by atoms with Crippen LogP contribution in [0.3, 0.4) is 0 Å². The van der Waals surface area contributed by atoms with Gasteiger partial charge in [0.05, 0.1) is 5.56 Å². The Labute approximate surface area is 71.3 Å². The number of hydrogen-bond acceptors (Lipinski definition) is 2. The van der Waals surface area contributed by atoms with Crippen molar-refractivity contribution in [3.05, 3.63) is 29.6 Å². The van der Waals surface area contributed by atoms with Crippen molar-refractivity contribution in [3.8, 4) is 0 Å². The second-order valence-corrected chi connectivity index (χ2v) is 2.34. The Hall–Kier alpha value is -1.30. The Morgan fingerprint density at radius 2 is 1.85 bits per heavy atom. The molecule has 0 fully saturated rings. The fourth-order valence-electron chi connectivity index (χ4n) is 0.832. The highest BCUT2D eigenvalue weighted by Crippen LogP contribution is 2.32. The summed E-state index contributed by atoms with van der Waals surface area (Å²) in [5, 5.41) is 0. The topological polar surface area (TPSA) is 38.0 Å². The molecule has 0 amide bonds. The van der Waals surface area contributed by atoms with Crippen LogP contribution in [0.5, 0.6) is 0 Å². The van der Waals surface area contributed by atoms with E-state index in [2.05, 4.69) is 0 Å². The number of nitrogens with one attached hydrogen (secondary N) is 1. The molecule has 0 heterocycles. The molecule has 1 aromatic carbocycles. The van der Waals surface area contributed by atoms with Gasteiger partial charge in [-0.05, 0) is 18.2 Å². The lowest BCUT2D eigenvalue weighted by atomic mass is 10.2. The van der Waals surface area contributed by atoms with Crippen molar-refractivity contribution in [2.24, 2.45) is 5.84 Å². The summed E-state index contributed by atoms with van der Waals surface area (Å²) < 4.78 is 48.8. The summed E-state index contributed by atoms with van der Waals surface area (Å²) in [6.07, 6.45) is -4.70. The lowest BCUT2D eigenvalue weighted by Gasteiger charge is -2.09. The molecule has 0 saturated carbocycles. The van der Waals surface area contributed by atoms with Crippen molar-refractivity contribution < 1.29 is 17.6 Å². The fourth-order valence-corrected chi connectivity index (χ4v) is 0.832. The predicted octanol–water partition coefficient (Wildman–Crippen LogP) is 2.13. The summed E-state index contributed by atoms with van der Waals surface area (Å²) >= 11 is 0. The second-order valence-electron chi connectivity index (χ2n) is 2.34. The van der Waals surface area contributed by atoms with Gasteiger partial charge in [-0.25, -0.2) is 4.39 Å². The number of anilines is 1. The molecule has 0 saturated heterocycles. The van der Waals surface area contributed by atoms with Gasteiger partial charge in [0.2, 0.25) is 0 Å². The van der Waals surface area contributed by atoms with E-state index in [0.717, 1.165) is 6.07 Å². The third-order valence-electron chi connectivity index (χ3n) is 1.44. The molecule has 0 atom stereocenters. The molecule has 6 heteroatoms. The van der Waals surface area contributed by atoms with Gasteiger partial charge >= 0.3 is 6.18 Å². The summed E-state index contributed by atoms with van der Waals surface area (Å²) in [6, 6.07) is 2.43. The monoisotopic (exact) mass is 194 g/mol. The Morgan fingerprint density at radius 1 is 1.23 bits per heavy atom. The molecule has 0 radical (unpaired) electrons. The molecule has 0 aliphatic rings. The second kappa shape index (κ2) is 3.21. The van der Waals surface area contributed by atoms with E-state index in [4.69, 9.17) is 5.84 Å². The molecular formula is C7H6F4N2. The number of nitrogen functional groups attached to an aromatic ring is 1. The molecule has 2 nitrogen and oxygen atoms in total. The molecule has 3 N–H and O–H groups in total. The maximum Gasteiger partial charge on any atom is 0.419 e. The molecule has 0 spiro atoms. The van der Waals surface area contributed by atoms with E-state index in [9.17, 15) is 17.6 Å². The first-order chi connectivity index (χ1) is 5.95. The van der Waals surface area contributed by atoms with Crippen molar-refractivity contribution in [1.82, 2.24) is 0 Å². The van der Waals surface area contributed by atoms with Gasteiger partial charge in [0.25, 0.3) is 0 Å². The lowest BCUT2D eigenvalue weighted by molar-refractivity contribution is -0.139. The zero-order chi connectivity index (χ0) is 10.1. The van der Waals surface area contributed by atoms with Crippen LogP contribution in [0.4, 0.5) is 23.2 Å². The summed E-state index contributed by atoms with van der Waals surface area (Å²) in [7, 11) is 0. The van der Waals surface area contributed by atoms with Gasteiger partial charge < -0.3 is 5.43 Å². The molecule has 0 unspecified atom stereocenters. The minimum atomic E-state index is -4.70. The molecule has 0 bridgehead atoms. The van der Waals surface area contributed by atoms with Gasteiger partial charge in [-0.2, -0.15) is 13.2 Å². The first-order valence-electron chi connectivity index (χ1n) is 3.28. The highest BCUT2D eigenvalue weighted by Gasteiger charge is 2.34. The Kier molecular flexibility index (Phi) is 2.42. The number of benzene rings is 1. The smallest absolute Gasteiger partial charge is 0.324 e. The fraction of sp³-hybridized carbons (Fsp3) is 0.143. The number of hydrogen-bond donors (Lipinski definition) is 2. The summed E-state index contributed by atoms with van der Waals surface area (Å²) in [4.78, 5) is 0. The molecule has 72 valence electrons. The van der Waals surface area contributed by atoms with Crippen LogP contribution in [0, 0.1) is 5.82 Å². The van der Waals surface area contributed by atoms with Crippen LogP contribution in [-0.4, -0.2) is 0 Å². The van der Waals surface area contributed by atoms with Crippen molar-refractivity contribution >= 4 is 5.69 Å². The number of nitrogens with two attached hydrogens (primary N) is 1. The van der Waals surface area contributed by atoms with E-state index in [1.807, 2.05) is 5.43 Å². The van der Waals surface area contributed by atoms with E-state index in [1.54, 1.807) is 0 Å². The summed E-state index contributed by atoms with van der Waals surface area (Å²) in [5.41, 5.74) is 0.677. The van der Waals surface area contributed by atoms with Crippen LogP contribution in [-0.2, 0) is 6.18 Å². The van der Waals surface area contributed by atoms with E-state index < -0.39 is 17.6 Å². The molecular weight excluding hydrogens is 188 g/mol. The third kappa shape index (κ3) is 2.09. The van der Waals surface area contributed by atoms with E-state index in [-0.39, 0.29) is 5.69 Å². The Morgan fingerprint density at radius 3 is 2.31 bits per heavy atom. The van der Waals surface area contributed by atoms with Crippen LogP contribution in [0.15, 0.2) is 18.2 Å². The normalized spacial score (nSPS) is 11.5. The average molecular weight is 194 g/mol. The van der Waals surface area contributed by atoms with Crippen LogP contribution in [0.1, 0.15) is 5.56 Å². The molecule has 0 aliphatic heterocycles. The lowest BCUT2D eigenvalue weighted by Crippen LogP contribution is -2.11. The van der Waals surface area contributed by atoms with E-state index in [1.165, 1.54) is 0 Å². The van der Waals surface area contributed by atoms with Crippen molar-refractivity contribution in [1.29, 1.82) is 0 Å². The molecule has 1 aromatic rings. The first-order valence-corrected chi connectivity index (χ1v) is 3.28. The minimum Gasteiger partial charge on any atom is -0.324 e. The van der Waals surface area contributed by atoms with Gasteiger partial charge in [0.15, 0.2) is 0 Å². The Bertz CT molecular complexity index is 308. The predicted molar refractivity (Wildman–Crippen MR) is 39.2 cm³/mol. The zero-order valence-corrected chi connectivity index (χ0v) is 6.32. The maximum absolute atomic E-state index is 12.6. The van der Waals surface area contributed by atoms with Gasteiger partial charge in [-0.1, -0.05) is 0 Å². The molecule has 1 rings (SSSR count).